The van der Waals surface area contributed by atoms with Crippen LogP contribution in [-0.2, 0) is 22.4 Å². The lowest BCUT2D eigenvalue weighted by Gasteiger charge is -2.13. The topological polar surface area (TPSA) is 111 Å². The molecule has 0 bridgehead atoms. The van der Waals surface area contributed by atoms with Gasteiger partial charge in [-0.2, -0.15) is 5.26 Å². The number of hydrogen-bond acceptors (Lipinski definition) is 6. The van der Waals surface area contributed by atoms with Crippen LogP contribution in [0.5, 0.6) is 0 Å². The van der Waals surface area contributed by atoms with Gasteiger partial charge in [-0.15, -0.1) is 23.1 Å². The molecule has 216 valence electrons. The van der Waals surface area contributed by atoms with Gasteiger partial charge in [-0.05, 0) is 85.7 Å². The average Bonchev–Trinajstić information content (AvgIpc) is 3.38. The molecule has 3 N–H and O–H groups in total. The molecule has 4 aromatic rings. The van der Waals surface area contributed by atoms with Crippen molar-refractivity contribution in [1.82, 2.24) is 5.32 Å². The number of aryl methyl sites for hydroxylation is 2. The van der Waals surface area contributed by atoms with Crippen LogP contribution in [0.25, 0.3) is 6.08 Å². The number of thiophene rings is 1. The molecule has 1 aliphatic carbocycles. The predicted molar refractivity (Wildman–Crippen MR) is 173 cm³/mol. The van der Waals surface area contributed by atoms with Crippen molar-refractivity contribution in [1.29, 1.82) is 5.26 Å². The summed E-state index contributed by atoms with van der Waals surface area (Å²) in [6.07, 6.45) is 5.67. The van der Waals surface area contributed by atoms with Crippen molar-refractivity contribution in [2.75, 3.05) is 16.4 Å². The van der Waals surface area contributed by atoms with Crippen LogP contribution in [0.2, 0.25) is 0 Å². The van der Waals surface area contributed by atoms with Gasteiger partial charge in [-0.1, -0.05) is 48.5 Å². The first-order valence-electron chi connectivity index (χ1n) is 13.9. The number of anilines is 2. The van der Waals surface area contributed by atoms with E-state index in [1.54, 1.807) is 48.5 Å². The van der Waals surface area contributed by atoms with Crippen LogP contribution in [-0.4, -0.2) is 23.5 Å². The average molecular weight is 607 g/mol. The molecule has 0 unspecified atom stereocenters. The molecule has 3 amide bonds. The van der Waals surface area contributed by atoms with E-state index in [0.717, 1.165) is 47.3 Å². The maximum Gasteiger partial charge on any atom is 0.272 e. The molecule has 1 aliphatic rings. The third kappa shape index (κ3) is 7.60. The zero-order chi connectivity index (χ0) is 30.2. The number of amides is 3. The second-order valence-electron chi connectivity index (χ2n) is 10.1. The molecule has 5 rings (SSSR count). The number of carbonyl (C=O) groups is 3. The first-order chi connectivity index (χ1) is 20.9. The molecular formula is C34H30N4O3S2. The predicted octanol–water partition coefficient (Wildman–Crippen LogP) is 6.95. The Labute approximate surface area is 259 Å². The number of benzene rings is 3. The Morgan fingerprint density at radius 3 is 2.51 bits per heavy atom. The van der Waals surface area contributed by atoms with E-state index in [2.05, 4.69) is 22.0 Å². The first-order valence-corrected chi connectivity index (χ1v) is 15.7. The van der Waals surface area contributed by atoms with Crippen molar-refractivity contribution in [3.63, 3.8) is 0 Å². The quantitative estimate of drug-likeness (QED) is 0.141. The van der Waals surface area contributed by atoms with Crippen molar-refractivity contribution in [3.05, 3.63) is 117 Å². The highest BCUT2D eigenvalue weighted by Gasteiger charge is 2.22. The van der Waals surface area contributed by atoms with Crippen LogP contribution < -0.4 is 16.0 Å². The third-order valence-electron chi connectivity index (χ3n) is 7.01. The number of rotatable bonds is 9. The van der Waals surface area contributed by atoms with Crippen molar-refractivity contribution < 1.29 is 14.4 Å². The summed E-state index contributed by atoms with van der Waals surface area (Å²) in [7, 11) is 0. The highest BCUT2D eigenvalue weighted by molar-refractivity contribution is 8.00. The van der Waals surface area contributed by atoms with Gasteiger partial charge in [0, 0.05) is 21.0 Å². The number of nitrogens with one attached hydrogen (secondary N) is 3. The fourth-order valence-corrected chi connectivity index (χ4v) is 6.80. The number of nitriles is 1. The molecule has 1 aromatic heterocycles. The van der Waals surface area contributed by atoms with Crippen LogP contribution in [0, 0.1) is 18.3 Å². The molecule has 0 fully saturated rings. The SMILES string of the molecule is Cc1ccccc1/C=C(\NC(=O)c1ccccc1)C(=O)Nc1cccc(SCC(=O)Nc2sc3c(c2C#N)CCCC3)c1. The standard InChI is InChI=1S/C34H30N4O3S2/c1-22-10-5-6-13-24(22)18-29(37-32(40)23-11-3-2-4-12-23)33(41)36-25-14-9-15-26(19-25)42-21-31(39)38-34-28(20-35)27-16-7-8-17-30(27)43-34/h2-6,9-15,18-19H,7-8,16-17,21H2,1H3,(H,36,41)(H,37,40)(H,38,39)/b29-18-. The van der Waals surface area contributed by atoms with Gasteiger partial charge in [0.25, 0.3) is 11.8 Å². The number of thioether (sulfide) groups is 1. The van der Waals surface area contributed by atoms with E-state index in [1.165, 1.54) is 28.0 Å². The summed E-state index contributed by atoms with van der Waals surface area (Å²) < 4.78 is 0. The van der Waals surface area contributed by atoms with Gasteiger partial charge in [-0.25, -0.2) is 0 Å². The molecule has 9 heteroatoms. The maximum absolute atomic E-state index is 13.4. The van der Waals surface area contributed by atoms with Crippen molar-refractivity contribution in [2.45, 2.75) is 37.5 Å². The van der Waals surface area contributed by atoms with Crippen LogP contribution >= 0.6 is 23.1 Å². The zero-order valence-electron chi connectivity index (χ0n) is 23.6. The van der Waals surface area contributed by atoms with Gasteiger partial charge in [0.1, 0.15) is 16.8 Å². The Bertz CT molecular complexity index is 1740. The highest BCUT2D eigenvalue weighted by Crippen LogP contribution is 2.37. The Balaban J connectivity index is 1.26. The lowest BCUT2D eigenvalue weighted by Crippen LogP contribution is -2.30. The normalized spacial score (nSPS) is 12.5. The van der Waals surface area contributed by atoms with Crippen molar-refractivity contribution >= 4 is 57.6 Å². The molecule has 0 aliphatic heterocycles. The molecule has 7 nitrogen and oxygen atoms in total. The molecule has 0 atom stereocenters. The fraction of sp³-hybridized carbons (Fsp3) is 0.176. The third-order valence-corrected chi connectivity index (χ3v) is 9.22. The maximum atomic E-state index is 13.4. The molecule has 0 saturated heterocycles. The molecule has 3 aromatic carbocycles. The van der Waals surface area contributed by atoms with Gasteiger partial charge in [-0.3, -0.25) is 14.4 Å². The Kier molecular flexibility index (Phi) is 9.72. The largest absolute Gasteiger partial charge is 0.321 e. The summed E-state index contributed by atoms with van der Waals surface area (Å²) in [6.45, 7) is 1.94. The van der Waals surface area contributed by atoms with Crippen molar-refractivity contribution in [3.8, 4) is 6.07 Å². The second kappa shape index (κ2) is 14.0. The van der Waals surface area contributed by atoms with E-state index in [1.807, 2.05) is 43.3 Å². The molecule has 43 heavy (non-hydrogen) atoms. The summed E-state index contributed by atoms with van der Waals surface area (Å²) in [5.74, 6) is -0.909. The molecule has 1 heterocycles. The smallest absolute Gasteiger partial charge is 0.272 e. The van der Waals surface area contributed by atoms with E-state index >= 15 is 0 Å². The second-order valence-corrected chi connectivity index (χ2v) is 12.2. The van der Waals surface area contributed by atoms with Crippen LogP contribution in [0.1, 0.15) is 50.3 Å². The minimum Gasteiger partial charge on any atom is -0.321 e. The fourth-order valence-electron chi connectivity index (χ4n) is 4.79. The van der Waals surface area contributed by atoms with Crippen LogP contribution in [0.3, 0.4) is 0 Å². The number of fused-ring (bicyclic) bond motifs is 1. The van der Waals surface area contributed by atoms with E-state index in [-0.39, 0.29) is 17.4 Å². The molecule has 0 spiro atoms. The molecule has 0 radical (unpaired) electrons. The number of carbonyl (C=O) groups excluding carboxylic acids is 3. The van der Waals surface area contributed by atoms with Crippen LogP contribution in [0.4, 0.5) is 10.7 Å². The zero-order valence-corrected chi connectivity index (χ0v) is 25.2. The summed E-state index contributed by atoms with van der Waals surface area (Å²) in [5.41, 5.74) is 4.51. The first kappa shape index (κ1) is 29.8. The van der Waals surface area contributed by atoms with E-state index < -0.39 is 11.8 Å². The van der Waals surface area contributed by atoms with E-state index in [4.69, 9.17) is 0 Å². The monoisotopic (exact) mass is 606 g/mol. The minimum absolute atomic E-state index is 0.104. The Morgan fingerprint density at radius 2 is 1.72 bits per heavy atom. The number of nitrogens with zero attached hydrogens (tertiary/aromatic N) is 1. The Hall–Kier alpha value is -4.65. The molecular weight excluding hydrogens is 577 g/mol. The van der Waals surface area contributed by atoms with Gasteiger partial charge in [0.2, 0.25) is 5.91 Å². The van der Waals surface area contributed by atoms with Crippen molar-refractivity contribution in [2.24, 2.45) is 0 Å². The summed E-state index contributed by atoms with van der Waals surface area (Å²) in [5, 5.41) is 18.9. The Morgan fingerprint density at radius 1 is 0.953 bits per heavy atom. The van der Waals surface area contributed by atoms with Crippen LogP contribution in [0.15, 0.2) is 89.5 Å². The molecule has 0 saturated carbocycles. The van der Waals surface area contributed by atoms with Gasteiger partial charge in [0.15, 0.2) is 0 Å². The van der Waals surface area contributed by atoms with Gasteiger partial charge < -0.3 is 16.0 Å². The van der Waals surface area contributed by atoms with E-state index in [0.29, 0.717) is 21.8 Å². The van der Waals surface area contributed by atoms with E-state index in [9.17, 15) is 19.6 Å². The summed E-state index contributed by atoms with van der Waals surface area (Å²) in [6, 6.07) is 25.8. The minimum atomic E-state index is -0.474. The van der Waals surface area contributed by atoms with Gasteiger partial charge >= 0.3 is 0 Å². The lowest BCUT2D eigenvalue weighted by molar-refractivity contribution is -0.114. The summed E-state index contributed by atoms with van der Waals surface area (Å²) in [4.78, 5) is 41.1. The van der Waals surface area contributed by atoms with Gasteiger partial charge in [0.05, 0.1) is 11.3 Å². The highest BCUT2D eigenvalue weighted by atomic mass is 32.2. The number of hydrogen-bond donors (Lipinski definition) is 3. The lowest BCUT2D eigenvalue weighted by atomic mass is 9.96. The summed E-state index contributed by atoms with van der Waals surface area (Å²) >= 11 is 2.84.